The first-order valence-corrected chi connectivity index (χ1v) is 9.50. The van der Waals surface area contributed by atoms with Gasteiger partial charge in [-0.25, -0.2) is 0 Å². The molecule has 0 unspecified atom stereocenters. The van der Waals surface area contributed by atoms with Crippen LogP contribution in [0.4, 0.5) is 5.69 Å². The molecule has 0 spiro atoms. The fraction of sp³-hybridized carbons (Fsp3) is 0.421. The molecule has 3 fully saturated rings. The number of carbonyl (C=O) groups excluding carboxylic acids is 3. The van der Waals surface area contributed by atoms with Crippen LogP contribution in [0.15, 0.2) is 30.4 Å². The van der Waals surface area contributed by atoms with Crippen molar-refractivity contribution in [3.8, 4) is 0 Å². The standard InChI is InChI=1S/C19H16Cl2N2O3/c20-8-1-4-13(21)14(5-8)22-15(24)7-23-18(25)16-9-2-3-10(12-6-11(9)12)17(16)19(23)26/h1-5,9-12,16-17H,6-7H2,(H,22,24)/t9-,10+,11-,12-,16+,17-/m1/s1. The van der Waals surface area contributed by atoms with Gasteiger partial charge in [0, 0.05) is 5.02 Å². The molecule has 1 aliphatic heterocycles. The summed E-state index contributed by atoms with van der Waals surface area (Å²) in [6, 6.07) is 4.73. The van der Waals surface area contributed by atoms with Crippen LogP contribution in [-0.2, 0) is 14.4 Å². The highest BCUT2D eigenvalue weighted by Crippen LogP contribution is 2.65. The minimum Gasteiger partial charge on any atom is -0.323 e. The Hall–Kier alpha value is -1.85. The van der Waals surface area contributed by atoms with Gasteiger partial charge in [-0.3, -0.25) is 19.3 Å². The lowest BCUT2D eigenvalue weighted by Gasteiger charge is -2.37. The van der Waals surface area contributed by atoms with Crippen molar-refractivity contribution < 1.29 is 14.4 Å². The summed E-state index contributed by atoms with van der Waals surface area (Å²) in [5, 5.41) is 3.42. The second kappa shape index (κ2) is 5.57. The Bertz CT molecular complexity index is 848. The number of allylic oxidation sites excluding steroid dienone is 2. The van der Waals surface area contributed by atoms with Gasteiger partial charge in [-0.2, -0.15) is 0 Å². The van der Waals surface area contributed by atoms with E-state index >= 15 is 0 Å². The number of benzene rings is 1. The van der Waals surface area contributed by atoms with Crippen molar-refractivity contribution in [1.82, 2.24) is 4.90 Å². The first kappa shape index (κ1) is 16.3. The Labute approximate surface area is 160 Å². The van der Waals surface area contributed by atoms with E-state index in [-0.39, 0.29) is 42.0 Å². The number of hydrogen-bond donors (Lipinski definition) is 1. The van der Waals surface area contributed by atoms with E-state index in [4.69, 9.17) is 23.2 Å². The summed E-state index contributed by atoms with van der Waals surface area (Å²) in [5.41, 5.74) is 0.364. The summed E-state index contributed by atoms with van der Waals surface area (Å²) in [6.45, 7) is -0.289. The number of halogens is 2. The van der Waals surface area contributed by atoms with Crippen LogP contribution in [0.3, 0.4) is 0 Å². The first-order valence-electron chi connectivity index (χ1n) is 8.74. The Morgan fingerprint density at radius 2 is 1.69 bits per heavy atom. The number of rotatable bonds is 3. The minimum absolute atomic E-state index is 0.155. The lowest BCUT2D eigenvalue weighted by molar-refractivity contribution is -0.142. The predicted octanol–water partition coefficient (Wildman–Crippen LogP) is 2.99. The molecule has 6 rings (SSSR count). The monoisotopic (exact) mass is 390 g/mol. The van der Waals surface area contributed by atoms with Gasteiger partial charge in [0.05, 0.1) is 22.5 Å². The molecule has 1 saturated heterocycles. The van der Waals surface area contributed by atoms with Crippen LogP contribution in [0, 0.1) is 35.5 Å². The van der Waals surface area contributed by atoms with Gasteiger partial charge < -0.3 is 5.32 Å². The second-order valence-electron chi connectivity index (χ2n) is 7.59. The smallest absolute Gasteiger partial charge is 0.244 e. The molecular formula is C19H16Cl2N2O3. The molecular weight excluding hydrogens is 375 g/mol. The van der Waals surface area contributed by atoms with Gasteiger partial charge in [0.15, 0.2) is 0 Å². The van der Waals surface area contributed by atoms with E-state index in [1.807, 2.05) is 0 Å². The van der Waals surface area contributed by atoms with Crippen LogP contribution in [0.25, 0.3) is 0 Å². The van der Waals surface area contributed by atoms with Crippen LogP contribution >= 0.6 is 23.2 Å². The number of hydrogen-bond acceptors (Lipinski definition) is 3. The maximum Gasteiger partial charge on any atom is 0.244 e. The molecule has 6 atom stereocenters. The zero-order chi connectivity index (χ0) is 18.2. The Balaban J connectivity index is 1.34. The molecule has 0 aromatic heterocycles. The zero-order valence-electron chi connectivity index (χ0n) is 13.7. The number of amides is 3. The number of carbonyl (C=O) groups is 3. The van der Waals surface area contributed by atoms with Crippen molar-refractivity contribution in [1.29, 1.82) is 0 Å². The van der Waals surface area contributed by atoms with Gasteiger partial charge in [0.1, 0.15) is 6.54 Å². The molecule has 26 heavy (non-hydrogen) atoms. The summed E-state index contributed by atoms with van der Waals surface area (Å²) >= 11 is 12.0. The largest absolute Gasteiger partial charge is 0.323 e. The summed E-state index contributed by atoms with van der Waals surface area (Å²) in [4.78, 5) is 39.2. The van der Waals surface area contributed by atoms with Crippen molar-refractivity contribution in [3.63, 3.8) is 0 Å². The highest BCUT2D eigenvalue weighted by molar-refractivity contribution is 6.35. The molecule has 5 aliphatic rings. The molecule has 4 aliphatic carbocycles. The lowest BCUT2D eigenvalue weighted by Crippen LogP contribution is -2.40. The van der Waals surface area contributed by atoms with E-state index in [1.165, 1.54) is 6.07 Å². The van der Waals surface area contributed by atoms with Gasteiger partial charge in [-0.05, 0) is 48.3 Å². The van der Waals surface area contributed by atoms with Gasteiger partial charge in [0.2, 0.25) is 17.7 Å². The molecule has 2 saturated carbocycles. The molecule has 134 valence electrons. The molecule has 1 aromatic rings. The van der Waals surface area contributed by atoms with Gasteiger partial charge in [0.25, 0.3) is 0 Å². The Morgan fingerprint density at radius 1 is 1.08 bits per heavy atom. The van der Waals surface area contributed by atoms with Crippen LogP contribution in [-0.4, -0.2) is 29.2 Å². The van der Waals surface area contributed by atoms with Crippen molar-refractivity contribution in [2.24, 2.45) is 35.5 Å². The second-order valence-corrected chi connectivity index (χ2v) is 8.43. The molecule has 3 amide bonds. The quantitative estimate of drug-likeness (QED) is 0.637. The predicted molar refractivity (Wildman–Crippen MR) is 96.5 cm³/mol. The number of likely N-dealkylation sites (tertiary alicyclic amines) is 1. The average Bonchev–Trinajstić information content (AvgIpc) is 3.39. The summed E-state index contributed by atoms with van der Waals surface area (Å²) < 4.78 is 0. The highest BCUT2D eigenvalue weighted by atomic mass is 35.5. The topological polar surface area (TPSA) is 66.5 Å². The lowest BCUT2D eigenvalue weighted by atomic mass is 9.63. The molecule has 1 heterocycles. The van der Waals surface area contributed by atoms with E-state index in [0.29, 0.717) is 27.6 Å². The SMILES string of the molecule is O=C(CN1C(=O)[C@@H]2[C@H]3C=C[C@H]([C@H]4C[C@H]34)[C@@H]2C1=O)Nc1cc(Cl)ccc1Cl. The van der Waals surface area contributed by atoms with Crippen molar-refractivity contribution >= 4 is 46.6 Å². The molecule has 5 nitrogen and oxygen atoms in total. The summed E-state index contributed by atoms with van der Waals surface area (Å²) in [7, 11) is 0. The van der Waals surface area contributed by atoms with Crippen molar-refractivity contribution in [2.45, 2.75) is 6.42 Å². The fourth-order valence-corrected chi connectivity index (χ4v) is 5.44. The fourth-order valence-electron chi connectivity index (χ4n) is 5.10. The average molecular weight is 391 g/mol. The first-order chi connectivity index (χ1) is 12.5. The normalized spacial score (nSPS) is 36.2. The van der Waals surface area contributed by atoms with Crippen LogP contribution in [0.5, 0.6) is 0 Å². The van der Waals surface area contributed by atoms with Crippen molar-refractivity contribution in [3.05, 3.63) is 40.4 Å². The number of nitrogens with zero attached hydrogens (tertiary/aromatic N) is 1. The highest BCUT2D eigenvalue weighted by Gasteiger charge is 2.67. The molecule has 1 aromatic carbocycles. The third-order valence-corrected chi connectivity index (χ3v) is 6.82. The Kier molecular flexibility index (Phi) is 3.50. The van der Waals surface area contributed by atoms with Crippen LogP contribution < -0.4 is 5.32 Å². The third kappa shape index (κ3) is 2.26. The van der Waals surface area contributed by atoms with Crippen LogP contribution in [0.2, 0.25) is 10.0 Å². The van der Waals surface area contributed by atoms with Crippen molar-refractivity contribution in [2.75, 3.05) is 11.9 Å². The number of nitrogens with one attached hydrogen (secondary N) is 1. The van der Waals surface area contributed by atoms with E-state index in [9.17, 15) is 14.4 Å². The molecule has 1 N–H and O–H groups in total. The van der Waals surface area contributed by atoms with Gasteiger partial charge in [-0.15, -0.1) is 0 Å². The zero-order valence-corrected chi connectivity index (χ0v) is 15.2. The van der Waals surface area contributed by atoms with E-state index in [1.54, 1.807) is 12.1 Å². The minimum atomic E-state index is -0.458. The number of anilines is 1. The molecule has 7 heteroatoms. The van der Waals surface area contributed by atoms with E-state index in [0.717, 1.165) is 11.3 Å². The maximum absolute atomic E-state index is 12.9. The van der Waals surface area contributed by atoms with Gasteiger partial charge >= 0.3 is 0 Å². The van der Waals surface area contributed by atoms with Crippen LogP contribution in [0.1, 0.15) is 6.42 Å². The summed E-state index contributed by atoms with van der Waals surface area (Å²) in [6.07, 6.45) is 5.34. The summed E-state index contributed by atoms with van der Waals surface area (Å²) in [5.74, 6) is -0.0606. The van der Waals surface area contributed by atoms with E-state index in [2.05, 4.69) is 17.5 Å². The van der Waals surface area contributed by atoms with Gasteiger partial charge in [-0.1, -0.05) is 35.4 Å². The number of imide groups is 1. The molecule has 0 radical (unpaired) electrons. The molecule has 2 bridgehead atoms. The van der Waals surface area contributed by atoms with E-state index < -0.39 is 5.91 Å². The maximum atomic E-state index is 12.9. The third-order valence-electron chi connectivity index (χ3n) is 6.26. The Morgan fingerprint density at radius 3 is 2.31 bits per heavy atom.